The first kappa shape index (κ1) is 13.8. The number of benzene rings is 1. The van der Waals surface area contributed by atoms with Gasteiger partial charge in [-0.3, -0.25) is 0 Å². The van der Waals surface area contributed by atoms with Crippen LogP contribution in [0.25, 0.3) is 0 Å². The fourth-order valence-electron chi connectivity index (χ4n) is 1.80. The molecule has 0 bridgehead atoms. The van der Waals surface area contributed by atoms with E-state index in [9.17, 15) is 0 Å². The van der Waals surface area contributed by atoms with Crippen LogP contribution in [-0.2, 0) is 12.8 Å². The molecule has 0 saturated carbocycles. The van der Waals surface area contributed by atoms with Gasteiger partial charge in [-0.05, 0) is 23.6 Å². The van der Waals surface area contributed by atoms with E-state index >= 15 is 0 Å². The molecule has 1 atom stereocenters. The molecule has 0 radical (unpaired) electrons. The Labute approximate surface area is 120 Å². The molecule has 1 aromatic carbocycles. The Kier molecular flexibility index (Phi) is 4.69. The molecule has 0 aliphatic rings. The van der Waals surface area contributed by atoms with Gasteiger partial charge < -0.3 is 4.52 Å². The zero-order valence-corrected chi connectivity index (χ0v) is 12.2. The van der Waals surface area contributed by atoms with Gasteiger partial charge in [-0.25, -0.2) is 0 Å². The van der Waals surface area contributed by atoms with Gasteiger partial charge in [-0.2, -0.15) is 10.2 Å². The second kappa shape index (κ2) is 6.48. The highest BCUT2D eigenvalue weighted by Gasteiger charge is 2.11. The van der Waals surface area contributed by atoms with Crippen LogP contribution in [0.15, 0.2) is 33.3 Å². The lowest BCUT2D eigenvalue weighted by atomic mass is 10.1. The van der Waals surface area contributed by atoms with Gasteiger partial charge in [0, 0.05) is 23.7 Å². The largest absolute Gasteiger partial charge is 0.339 e. The molecule has 4 nitrogen and oxygen atoms in total. The molecule has 0 aliphatic heterocycles. The third-order valence-corrected chi connectivity index (χ3v) is 3.22. The maximum atomic E-state index is 8.62. The summed E-state index contributed by atoms with van der Waals surface area (Å²) in [4.78, 5) is 4.35. The summed E-state index contributed by atoms with van der Waals surface area (Å²) in [6.07, 6.45) is 1.80. The van der Waals surface area contributed by atoms with Crippen LogP contribution in [0.1, 0.15) is 30.6 Å². The minimum atomic E-state index is 0.240. The number of aromatic nitrogens is 2. The maximum absolute atomic E-state index is 8.62. The Morgan fingerprint density at radius 1 is 1.47 bits per heavy atom. The molecule has 1 heterocycles. The molecular weight excluding hydrogens is 306 g/mol. The first-order valence-corrected chi connectivity index (χ1v) is 6.89. The summed E-state index contributed by atoms with van der Waals surface area (Å²) in [5.74, 6) is 1.52. The van der Waals surface area contributed by atoms with Crippen LogP contribution in [0.2, 0.25) is 0 Å². The van der Waals surface area contributed by atoms with Gasteiger partial charge in [0.05, 0.1) is 6.07 Å². The fraction of sp³-hybridized carbons (Fsp3) is 0.357. The molecule has 0 aliphatic carbocycles. The van der Waals surface area contributed by atoms with Gasteiger partial charge in [0.15, 0.2) is 5.82 Å². The van der Waals surface area contributed by atoms with Gasteiger partial charge >= 0.3 is 0 Å². The van der Waals surface area contributed by atoms with Crippen LogP contribution >= 0.6 is 15.9 Å². The Balaban J connectivity index is 1.99. The van der Waals surface area contributed by atoms with Crippen LogP contribution < -0.4 is 0 Å². The number of nitrogens with zero attached hydrogens (tertiary/aromatic N) is 3. The van der Waals surface area contributed by atoms with Crippen molar-refractivity contribution in [1.29, 1.82) is 5.26 Å². The molecule has 0 fully saturated rings. The lowest BCUT2D eigenvalue weighted by molar-refractivity contribution is 0.355. The number of rotatable bonds is 5. The Bertz CT molecular complexity index is 588. The average molecular weight is 320 g/mol. The van der Waals surface area contributed by atoms with Crippen molar-refractivity contribution in [3.63, 3.8) is 0 Å². The normalized spacial score (nSPS) is 12.1. The Morgan fingerprint density at radius 3 is 3.05 bits per heavy atom. The fourth-order valence-corrected chi connectivity index (χ4v) is 2.25. The number of hydrogen-bond acceptors (Lipinski definition) is 4. The van der Waals surface area contributed by atoms with Crippen molar-refractivity contribution in [2.75, 3.05) is 0 Å². The summed E-state index contributed by atoms with van der Waals surface area (Å²) in [6, 6.07) is 10.2. The van der Waals surface area contributed by atoms with Crippen molar-refractivity contribution in [3.8, 4) is 6.07 Å². The Morgan fingerprint density at radius 2 is 2.32 bits per heavy atom. The molecule has 0 spiro atoms. The lowest BCUT2D eigenvalue weighted by Gasteiger charge is -2.00. The van der Waals surface area contributed by atoms with E-state index in [-0.39, 0.29) is 5.92 Å². The van der Waals surface area contributed by atoms with Crippen LogP contribution in [0.4, 0.5) is 0 Å². The van der Waals surface area contributed by atoms with E-state index in [4.69, 9.17) is 9.78 Å². The van der Waals surface area contributed by atoms with Crippen molar-refractivity contribution in [2.45, 2.75) is 26.2 Å². The van der Waals surface area contributed by atoms with E-state index in [0.29, 0.717) is 31.0 Å². The summed E-state index contributed by atoms with van der Waals surface area (Å²) in [5.41, 5.74) is 1.13. The Hall–Kier alpha value is -1.67. The lowest BCUT2D eigenvalue weighted by Crippen LogP contribution is -1.99. The number of halogens is 1. The van der Waals surface area contributed by atoms with Crippen LogP contribution in [0.5, 0.6) is 0 Å². The second-order valence-corrected chi connectivity index (χ2v) is 5.50. The number of hydrogen-bond donors (Lipinski definition) is 0. The predicted octanol–water partition coefficient (Wildman–Crippen LogP) is 3.52. The van der Waals surface area contributed by atoms with Crippen molar-refractivity contribution in [2.24, 2.45) is 5.92 Å². The minimum Gasteiger partial charge on any atom is -0.339 e. The zero-order chi connectivity index (χ0) is 13.7. The molecule has 98 valence electrons. The smallest absolute Gasteiger partial charge is 0.226 e. The van der Waals surface area contributed by atoms with E-state index in [0.717, 1.165) is 10.0 Å². The molecule has 19 heavy (non-hydrogen) atoms. The highest BCUT2D eigenvalue weighted by atomic mass is 79.9. The first-order valence-electron chi connectivity index (χ1n) is 6.10. The molecule has 1 unspecified atom stereocenters. The minimum absolute atomic E-state index is 0.240. The van der Waals surface area contributed by atoms with Crippen molar-refractivity contribution in [1.82, 2.24) is 10.1 Å². The second-order valence-electron chi connectivity index (χ2n) is 4.58. The maximum Gasteiger partial charge on any atom is 0.226 e. The molecular formula is C14H14BrN3O. The summed E-state index contributed by atoms with van der Waals surface area (Å²) < 4.78 is 6.24. The molecule has 0 amide bonds. The van der Waals surface area contributed by atoms with Gasteiger partial charge in [0.2, 0.25) is 5.89 Å². The van der Waals surface area contributed by atoms with Gasteiger partial charge in [0.25, 0.3) is 0 Å². The van der Waals surface area contributed by atoms with Gasteiger partial charge in [-0.1, -0.05) is 40.1 Å². The summed E-state index contributed by atoms with van der Waals surface area (Å²) in [5, 5.41) is 12.6. The third kappa shape index (κ3) is 4.18. The van der Waals surface area contributed by atoms with E-state index in [1.807, 2.05) is 31.2 Å². The quantitative estimate of drug-likeness (QED) is 0.845. The average Bonchev–Trinajstić information content (AvgIpc) is 2.76. The van der Waals surface area contributed by atoms with E-state index < -0.39 is 0 Å². The topological polar surface area (TPSA) is 62.7 Å². The monoisotopic (exact) mass is 319 g/mol. The molecule has 0 saturated heterocycles. The zero-order valence-electron chi connectivity index (χ0n) is 10.6. The predicted molar refractivity (Wildman–Crippen MR) is 74.3 cm³/mol. The molecule has 5 heteroatoms. The molecule has 2 aromatic rings. The third-order valence-electron chi connectivity index (χ3n) is 2.72. The molecule has 1 aromatic heterocycles. The SMILES string of the molecule is CC(CC#N)Cc1nc(Cc2cccc(Br)c2)no1. The van der Waals surface area contributed by atoms with Crippen LogP contribution in [0.3, 0.4) is 0 Å². The van der Waals surface area contributed by atoms with Gasteiger partial charge in [-0.15, -0.1) is 0 Å². The van der Waals surface area contributed by atoms with Crippen LogP contribution in [0, 0.1) is 17.2 Å². The van der Waals surface area contributed by atoms with Crippen molar-refractivity contribution < 1.29 is 4.52 Å². The first-order chi connectivity index (χ1) is 9.17. The van der Waals surface area contributed by atoms with E-state index in [1.54, 1.807) is 0 Å². The van der Waals surface area contributed by atoms with Gasteiger partial charge in [0.1, 0.15) is 0 Å². The highest BCUT2D eigenvalue weighted by Crippen LogP contribution is 2.15. The van der Waals surface area contributed by atoms with Crippen molar-refractivity contribution in [3.05, 3.63) is 46.0 Å². The van der Waals surface area contributed by atoms with E-state index in [1.165, 1.54) is 0 Å². The highest BCUT2D eigenvalue weighted by molar-refractivity contribution is 9.10. The van der Waals surface area contributed by atoms with Crippen molar-refractivity contribution >= 4 is 15.9 Å². The summed E-state index contributed by atoms with van der Waals surface area (Å²) in [7, 11) is 0. The standard InChI is InChI=1S/C14H14BrN3O/c1-10(5-6-16)7-14-17-13(18-19-14)9-11-3-2-4-12(15)8-11/h2-4,8,10H,5,7,9H2,1H3. The summed E-state index contributed by atoms with van der Waals surface area (Å²) in [6.45, 7) is 2.00. The summed E-state index contributed by atoms with van der Waals surface area (Å²) >= 11 is 3.44. The molecule has 0 N–H and O–H groups in total. The van der Waals surface area contributed by atoms with E-state index in [2.05, 4.69) is 32.1 Å². The number of nitriles is 1. The van der Waals surface area contributed by atoms with Crippen LogP contribution in [-0.4, -0.2) is 10.1 Å². The molecule has 2 rings (SSSR count).